The van der Waals surface area contributed by atoms with Gasteiger partial charge in [0.25, 0.3) is 5.91 Å². The van der Waals surface area contributed by atoms with E-state index in [1.165, 1.54) is 0 Å². The monoisotopic (exact) mass is 477 g/mol. The Hall–Kier alpha value is -0.730. The van der Waals surface area contributed by atoms with Crippen molar-refractivity contribution in [3.8, 4) is 5.88 Å². The molecule has 0 radical (unpaired) electrons. The van der Waals surface area contributed by atoms with Gasteiger partial charge in [-0.05, 0) is 31.5 Å². The van der Waals surface area contributed by atoms with Crippen LogP contribution >= 0.6 is 47.8 Å². The highest BCUT2D eigenvalue weighted by Gasteiger charge is 2.67. The number of amides is 1. The number of nitrogens with one attached hydrogen (secondary N) is 1. The van der Waals surface area contributed by atoms with Gasteiger partial charge in [-0.3, -0.25) is 4.79 Å². The first-order valence-electron chi connectivity index (χ1n) is 6.09. The van der Waals surface area contributed by atoms with Gasteiger partial charge in [-0.2, -0.15) is 0 Å². The van der Waals surface area contributed by atoms with Gasteiger partial charge in [0.1, 0.15) is 0 Å². The summed E-state index contributed by atoms with van der Waals surface area (Å²) in [6.45, 7) is 1.81. The number of azo groups is 1. The summed E-state index contributed by atoms with van der Waals surface area (Å²) >= 11 is 10.2. The largest absolute Gasteiger partial charge is 0.493 e. The normalized spacial score (nSPS) is 23.8. The molecule has 1 saturated carbocycles. The molecule has 110 valence electrons. The summed E-state index contributed by atoms with van der Waals surface area (Å²) in [5, 5.41) is 18.3. The van der Waals surface area contributed by atoms with Crippen molar-refractivity contribution in [1.29, 1.82) is 0 Å². The van der Waals surface area contributed by atoms with Crippen LogP contribution in [-0.2, 0) is 4.79 Å². The van der Waals surface area contributed by atoms with E-state index in [1.807, 2.05) is 19.1 Å². The predicted octanol–water partition coefficient (Wildman–Crippen LogP) is 5.14. The third-order valence-electron chi connectivity index (χ3n) is 3.68. The van der Waals surface area contributed by atoms with E-state index < -0.39 is 8.65 Å². The lowest BCUT2D eigenvalue weighted by Gasteiger charge is -2.05. The number of rotatable bonds is 2. The average molecular weight is 480 g/mol. The van der Waals surface area contributed by atoms with Crippen molar-refractivity contribution in [3.05, 3.63) is 22.7 Å². The Labute approximate surface area is 145 Å². The van der Waals surface area contributed by atoms with Crippen molar-refractivity contribution in [3.63, 3.8) is 0 Å². The fourth-order valence-corrected chi connectivity index (χ4v) is 3.90. The average Bonchev–Trinajstić information content (AvgIpc) is 2.76. The Morgan fingerprint density at radius 2 is 2.10 bits per heavy atom. The van der Waals surface area contributed by atoms with Crippen molar-refractivity contribution in [1.82, 2.24) is 4.98 Å². The zero-order valence-electron chi connectivity index (χ0n) is 10.8. The van der Waals surface area contributed by atoms with E-state index >= 15 is 0 Å². The summed E-state index contributed by atoms with van der Waals surface area (Å²) in [6.07, 6.45) is 0.644. The smallest absolute Gasteiger partial charge is 0.272 e. The molecule has 0 spiro atoms. The maximum absolute atomic E-state index is 12.1. The molecule has 1 amide bonds. The minimum Gasteiger partial charge on any atom is -0.493 e. The lowest BCUT2D eigenvalue weighted by atomic mass is 10.1. The van der Waals surface area contributed by atoms with E-state index in [0.29, 0.717) is 11.8 Å². The number of aromatic amines is 1. The second-order valence-corrected chi connectivity index (χ2v) is 9.92. The van der Waals surface area contributed by atoms with Gasteiger partial charge in [-0.15, -0.1) is 10.2 Å². The molecule has 1 fully saturated rings. The van der Waals surface area contributed by atoms with Crippen molar-refractivity contribution in [2.24, 2.45) is 15.6 Å². The summed E-state index contributed by atoms with van der Waals surface area (Å²) < 4.78 is 0.473. The number of aromatic hydroxyl groups is 1. The molecule has 0 saturated heterocycles. The molecular formula is C13H10Br3N3O2. The number of aromatic nitrogens is 1. The van der Waals surface area contributed by atoms with E-state index in [4.69, 9.17) is 0 Å². The molecule has 2 N–H and O–H groups in total. The van der Waals surface area contributed by atoms with Crippen molar-refractivity contribution < 1.29 is 9.90 Å². The number of nitrogens with zero attached hydrogens (tertiary/aromatic N) is 2. The highest BCUT2D eigenvalue weighted by atomic mass is 79.9. The van der Waals surface area contributed by atoms with Gasteiger partial charge in [0.2, 0.25) is 5.88 Å². The Morgan fingerprint density at radius 3 is 2.71 bits per heavy atom. The summed E-state index contributed by atoms with van der Waals surface area (Å²) in [7, 11) is 0. The fourth-order valence-electron chi connectivity index (χ4n) is 2.08. The topological polar surface area (TPSA) is 77.8 Å². The summed E-state index contributed by atoms with van der Waals surface area (Å²) in [5.41, 5.74) is 0.377. The van der Waals surface area contributed by atoms with Gasteiger partial charge in [0.05, 0.1) is 14.2 Å². The minimum atomic E-state index is -0.610. The van der Waals surface area contributed by atoms with E-state index in [-0.39, 0.29) is 17.5 Å². The Kier molecular flexibility index (Phi) is 3.53. The number of benzene rings is 1. The van der Waals surface area contributed by atoms with Gasteiger partial charge >= 0.3 is 0 Å². The summed E-state index contributed by atoms with van der Waals surface area (Å²) in [6, 6.07) is 5.45. The molecule has 1 aromatic carbocycles. The van der Waals surface area contributed by atoms with Crippen LogP contribution in [0.5, 0.6) is 5.88 Å². The molecule has 3 rings (SSSR count). The third-order valence-corrected chi connectivity index (χ3v) is 6.49. The maximum atomic E-state index is 12.1. The van der Waals surface area contributed by atoms with Crippen LogP contribution in [0.2, 0.25) is 0 Å². The van der Waals surface area contributed by atoms with Crippen LogP contribution in [0.4, 0.5) is 5.69 Å². The summed E-state index contributed by atoms with van der Waals surface area (Å²) in [5.74, 6) is -0.438. The fraction of sp³-hybridized carbons (Fsp3) is 0.308. The van der Waals surface area contributed by atoms with Gasteiger partial charge in [0, 0.05) is 9.86 Å². The first-order chi connectivity index (χ1) is 9.74. The minimum absolute atomic E-state index is 0.107. The van der Waals surface area contributed by atoms with Crippen LogP contribution in [0.1, 0.15) is 13.3 Å². The number of hydrogen-bond donors (Lipinski definition) is 2. The molecule has 1 aromatic heterocycles. The lowest BCUT2D eigenvalue weighted by molar-refractivity contribution is -0.122. The molecule has 1 unspecified atom stereocenters. The van der Waals surface area contributed by atoms with Gasteiger partial charge in [-0.1, -0.05) is 47.8 Å². The quantitative estimate of drug-likeness (QED) is 0.462. The highest BCUT2D eigenvalue weighted by molar-refractivity contribution is 9.25. The zero-order valence-corrected chi connectivity index (χ0v) is 15.6. The van der Waals surface area contributed by atoms with Crippen LogP contribution < -0.4 is 0 Å². The predicted molar refractivity (Wildman–Crippen MR) is 90.5 cm³/mol. The maximum Gasteiger partial charge on any atom is 0.272 e. The van der Waals surface area contributed by atoms with Gasteiger partial charge < -0.3 is 10.1 Å². The molecule has 1 aliphatic carbocycles. The van der Waals surface area contributed by atoms with Crippen LogP contribution in [0.15, 0.2) is 32.9 Å². The Morgan fingerprint density at radius 1 is 1.43 bits per heavy atom. The standard InChI is InChI=1S/C13H10Br3N3O2/c1-12(5-13(12,15)16)11(21)19-18-9-7-3-2-6(14)4-8(7)17-10(9)20/h2-4,17,20H,5H2,1H3. The molecule has 0 bridgehead atoms. The molecule has 1 aliphatic rings. The van der Waals surface area contributed by atoms with Crippen LogP contribution in [0.25, 0.3) is 10.9 Å². The zero-order chi connectivity index (χ0) is 15.4. The molecule has 2 aromatic rings. The van der Waals surface area contributed by atoms with Crippen LogP contribution in [0, 0.1) is 5.41 Å². The molecule has 21 heavy (non-hydrogen) atoms. The molecule has 8 heteroatoms. The Bertz CT molecular complexity index is 784. The number of H-pyrrole nitrogens is 1. The Balaban J connectivity index is 1.94. The van der Waals surface area contributed by atoms with Crippen LogP contribution in [0.3, 0.4) is 0 Å². The second-order valence-electron chi connectivity index (χ2n) is 5.23. The number of halogens is 3. The highest BCUT2D eigenvalue weighted by Crippen LogP contribution is 2.66. The van der Waals surface area contributed by atoms with E-state index in [1.54, 1.807) is 6.07 Å². The number of alkyl halides is 2. The van der Waals surface area contributed by atoms with Crippen molar-refractivity contribution in [2.75, 3.05) is 0 Å². The molecule has 1 atom stereocenters. The molecule has 0 aliphatic heterocycles. The van der Waals surface area contributed by atoms with Gasteiger partial charge in [-0.25, -0.2) is 0 Å². The number of fused-ring (bicyclic) bond motifs is 1. The van der Waals surface area contributed by atoms with E-state index in [9.17, 15) is 9.90 Å². The summed E-state index contributed by atoms with van der Waals surface area (Å²) in [4.78, 5) is 14.9. The third kappa shape index (κ3) is 2.47. The van der Waals surface area contributed by atoms with Crippen LogP contribution in [-0.4, -0.2) is 19.2 Å². The lowest BCUT2D eigenvalue weighted by Crippen LogP contribution is -2.14. The van der Waals surface area contributed by atoms with E-state index in [0.717, 1.165) is 9.99 Å². The van der Waals surface area contributed by atoms with Gasteiger partial charge in [0.15, 0.2) is 5.69 Å². The number of hydrogen-bond acceptors (Lipinski definition) is 3. The number of carbonyl (C=O) groups is 1. The second kappa shape index (κ2) is 4.89. The first-order valence-corrected chi connectivity index (χ1v) is 8.47. The van der Waals surface area contributed by atoms with E-state index in [2.05, 4.69) is 63.0 Å². The molecule has 5 nitrogen and oxygen atoms in total. The molecule has 1 heterocycles. The molecular weight excluding hydrogens is 470 g/mol. The first kappa shape index (κ1) is 15.2. The number of carbonyl (C=O) groups excluding carboxylic acids is 1. The van der Waals surface area contributed by atoms with Crippen molar-refractivity contribution >= 4 is 70.3 Å². The SMILES string of the molecule is CC1(C(=O)N=Nc2c(O)[nH]c3cc(Br)ccc23)CC1(Br)Br. The van der Waals surface area contributed by atoms with Crippen molar-refractivity contribution in [2.45, 2.75) is 16.6 Å².